The standard InChI is InChI=1S/C20H23N3O2/c1-3-23(13-19(24)15-6-4-14(2)5-7-15)20(25)22-17-8-9-18-16(12-17)10-11-21-18/h4-12,19,21,24H,3,13H2,1-2H3,(H,22,25). The molecule has 0 aliphatic carbocycles. The molecule has 25 heavy (non-hydrogen) atoms. The van der Waals surface area contributed by atoms with Crippen LogP contribution in [0.15, 0.2) is 54.7 Å². The number of carbonyl (C=O) groups excluding carboxylic acids is 1. The van der Waals surface area contributed by atoms with Gasteiger partial charge in [-0.2, -0.15) is 0 Å². The number of aliphatic hydroxyl groups excluding tert-OH is 1. The Kier molecular flexibility index (Phi) is 5.05. The summed E-state index contributed by atoms with van der Waals surface area (Å²) in [6.45, 7) is 4.67. The molecule has 0 radical (unpaired) electrons. The minimum Gasteiger partial charge on any atom is -0.387 e. The fourth-order valence-corrected chi connectivity index (χ4v) is 2.79. The Morgan fingerprint density at radius 1 is 1.20 bits per heavy atom. The van der Waals surface area contributed by atoms with Gasteiger partial charge >= 0.3 is 6.03 Å². The van der Waals surface area contributed by atoms with Gasteiger partial charge in [0.25, 0.3) is 0 Å². The minimum atomic E-state index is -0.710. The van der Waals surface area contributed by atoms with Gasteiger partial charge in [0.1, 0.15) is 0 Å². The molecule has 1 atom stereocenters. The van der Waals surface area contributed by atoms with Crippen molar-refractivity contribution in [3.63, 3.8) is 0 Å². The molecule has 0 saturated heterocycles. The number of amides is 2. The zero-order chi connectivity index (χ0) is 17.8. The van der Waals surface area contributed by atoms with E-state index in [0.29, 0.717) is 6.54 Å². The summed E-state index contributed by atoms with van der Waals surface area (Å²) in [6, 6.07) is 15.2. The summed E-state index contributed by atoms with van der Waals surface area (Å²) in [7, 11) is 0. The van der Waals surface area contributed by atoms with Crippen molar-refractivity contribution in [1.82, 2.24) is 9.88 Å². The number of aromatic amines is 1. The van der Waals surface area contributed by atoms with Gasteiger partial charge in [0.15, 0.2) is 0 Å². The van der Waals surface area contributed by atoms with Crippen molar-refractivity contribution in [3.05, 3.63) is 65.9 Å². The quantitative estimate of drug-likeness (QED) is 0.657. The van der Waals surface area contributed by atoms with E-state index in [-0.39, 0.29) is 12.6 Å². The molecule has 130 valence electrons. The summed E-state index contributed by atoms with van der Waals surface area (Å²) in [6.07, 6.45) is 1.16. The lowest BCUT2D eigenvalue weighted by atomic mass is 10.1. The van der Waals surface area contributed by atoms with E-state index in [2.05, 4.69) is 10.3 Å². The van der Waals surface area contributed by atoms with Gasteiger partial charge in [0.2, 0.25) is 0 Å². The molecule has 0 aliphatic rings. The molecule has 3 N–H and O–H groups in total. The molecule has 1 unspecified atom stereocenters. The van der Waals surface area contributed by atoms with Crippen LogP contribution in [0, 0.1) is 6.92 Å². The van der Waals surface area contributed by atoms with Crippen LogP contribution in [-0.2, 0) is 0 Å². The van der Waals surface area contributed by atoms with Gasteiger partial charge in [-0.05, 0) is 43.7 Å². The molecule has 3 rings (SSSR count). The number of aryl methyl sites for hydroxylation is 1. The number of nitrogens with one attached hydrogen (secondary N) is 2. The third-order valence-corrected chi connectivity index (χ3v) is 4.33. The molecule has 1 aromatic heterocycles. The summed E-state index contributed by atoms with van der Waals surface area (Å²) in [5, 5.41) is 14.4. The van der Waals surface area contributed by atoms with Crippen LogP contribution in [0.2, 0.25) is 0 Å². The van der Waals surface area contributed by atoms with E-state index in [1.165, 1.54) is 0 Å². The smallest absolute Gasteiger partial charge is 0.321 e. The van der Waals surface area contributed by atoms with Crippen molar-refractivity contribution in [3.8, 4) is 0 Å². The highest BCUT2D eigenvalue weighted by Crippen LogP contribution is 2.19. The van der Waals surface area contributed by atoms with Crippen molar-refractivity contribution >= 4 is 22.6 Å². The van der Waals surface area contributed by atoms with E-state index in [1.54, 1.807) is 4.90 Å². The molecule has 0 aliphatic heterocycles. The number of rotatable bonds is 5. The minimum absolute atomic E-state index is 0.219. The topological polar surface area (TPSA) is 68.4 Å². The Bertz CT molecular complexity index is 855. The molecule has 5 nitrogen and oxygen atoms in total. The Balaban J connectivity index is 1.66. The van der Waals surface area contributed by atoms with E-state index >= 15 is 0 Å². The molecule has 0 bridgehead atoms. The number of benzene rings is 2. The van der Waals surface area contributed by atoms with Crippen LogP contribution in [0.3, 0.4) is 0 Å². The van der Waals surface area contributed by atoms with Crippen LogP contribution in [0.4, 0.5) is 10.5 Å². The van der Waals surface area contributed by atoms with Crippen molar-refractivity contribution in [2.75, 3.05) is 18.4 Å². The number of hydrogen-bond acceptors (Lipinski definition) is 2. The predicted octanol–water partition coefficient (Wildman–Crippen LogP) is 4.06. The number of nitrogens with zero attached hydrogens (tertiary/aromatic N) is 1. The van der Waals surface area contributed by atoms with Gasteiger partial charge in [-0.3, -0.25) is 0 Å². The average Bonchev–Trinajstić information content (AvgIpc) is 3.07. The average molecular weight is 337 g/mol. The third kappa shape index (κ3) is 4.00. The number of anilines is 1. The summed E-state index contributed by atoms with van der Waals surface area (Å²) >= 11 is 0. The summed E-state index contributed by atoms with van der Waals surface area (Å²) < 4.78 is 0. The Morgan fingerprint density at radius 3 is 2.68 bits per heavy atom. The zero-order valence-corrected chi connectivity index (χ0v) is 14.5. The van der Waals surface area contributed by atoms with Crippen LogP contribution < -0.4 is 5.32 Å². The maximum absolute atomic E-state index is 12.5. The first-order valence-corrected chi connectivity index (χ1v) is 8.44. The fourth-order valence-electron chi connectivity index (χ4n) is 2.79. The van der Waals surface area contributed by atoms with E-state index in [0.717, 1.165) is 27.7 Å². The third-order valence-electron chi connectivity index (χ3n) is 4.33. The SMILES string of the molecule is CCN(CC(O)c1ccc(C)cc1)C(=O)Nc1ccc2[nH]ccc2c1. The monoisotopic (exact) mass is 337 g/mol. The maximum atomic E-state index is 12.5. The van der Waals surface area contributed by atoms with Gasteiger partial charge in [0.05, 0.1) is 12.6 Å². The molecule has 3 aromatic rings. The number of fused-ring (bicyclic) bond motifs is 1. The van der Waals surface area contributed by atoms with Gasteiger partial charge < -0.3 is 20.3 Å². The lowest BCUT2D eigenvalue weighted by Crippen LogP contribution is -2.37. The second kappa shape index (κ2) is 7.40. The van der Waals surface area contributed by atoms with E-state index in [1.807, 2.05) is 68.6 Å². The zero-order valence-electron chi connectivity index (χ0n) is 14.5. The maximum Gasteiger partial charge on any atom is 0.321 e. The molecular formula is C20H23N3O2. The van der Waals surface area contributed by atoms with Crippen LogP contribution >= 0.6 is 0 Å². The first-order chi connectivity index (χ1) is 12.1. The van der Waals surface area contributed by atoms with E-state index < -0.39 is 6.10 Å². The number of urea groups is 1. The van der Waals surface area contributed by atoms with Gasteiger partial charge in [-0.15, -0.1) is 0 Å². The first-order valence-electron chi connectivity index (χ1n) is 8.44. The number of likely N-dealkylation sites (N-methyl/N-ethyl adjacent to an activating group) is 1. The largest absolute Gasteiger partial charge is 0.387 e. The molecule has 2 aromatic carbocycles. The van der Waals surface area contributed by atoms with Crippen LogP contribution in [0.25, 0.3) is 10.9 Å². The number of carbonyl (C=O) groups is 1. The van der Waals surface area contributed by atoms with Crippen LogP contribution in [0.5, 0.6) is 0 Å². The summed E-state index contributed by atoms with van der Waals surface area (Å²) in [5.41, 5.74) is 3.72. The molecule has 5 heteroatoms. The van der Waals surface area contributed by atoms with Gasteiger partial charge in [-0.25, -0.2) is 4.79 Å². The van der Waals surface area contributed by atoms with Gasteiger partial charge in [0, 0.05) is 29.3 Å². The molecule has 2 amide bonds. The molecular weight excluding hydrogens is 314 g/mol. The molecule has 0 spiro atoms. The molecule has 0 saturated carbocycles. The van der Waals surface area contributed by atoms with Gasteiger partial charge in [-0.1, -0.05) is 29.8 Å². The lowest BCUT2D eigenvalue weighted by Gasteiger charge is -2.24. The Labute approximate surface area is 147 Å². The van der Waals surface area contributed by atoms with E-state index in [9.17, 15) is 9.90 Å². The highest BCUT2D eigenvalue weighted by molar-refractivity contribution is 5.92. The second-order valence-corrected chi connectivity index (χ2v) is 6.17. The van der Waals surface area contributed by atoms with Crippen molar-refractivity contribution in [2.45, 2.75) is 20.0 Å². The second-order valence-electron chi connectivity index (χ2n) is 6.17. The highest BCUT2D eigenvalue weighted by Gasteiger charge is 2.17. The van der Waals surface area contributed by atoms with Crippen molar-refractivity contribution in [2.24, 2.45) is 0 Å². The fraction of sp³-hybridized carbons (Fsp3) is 0.250. The number of aliphatic hydroxyl groups is 1. The van der Waals surface area contributed by atoms with Crippen LogP contribution in [-0.4, -0.2) is 34.1 Å². The van der Waals surface area contributed by atoms with Crippen LogP contribution in [0.1, 0.15) is 24.2 Å². The number of H-pyrrole nitrogens is 1. The normalized spacial score (nSPS) is 12.1. The lowest BCUT2D eigenvalue weighted by molar-refractivity contribution is 0.128. The molecule has 1 heterocycles. The number of aromatic nitrogens is 1. The van der Waals surface area contributed by atoms with Crippen molar-refractivity contribution < 1.29 is 9.90 Å². The van der Waals surface area contributed by atoms with Crippen molar-refractivity contribution in [1.29, 1.82) is 0 Å². The number of hydrogen-bond donors (Lipinski definition) is 3. The first kappa shape index (κ1) is 17.0. The summed E-state index contributed by atoms with van der Waals surface area (Å²) in [5.74, 6) is 0. The predicted molar refractivity (Wildman–Crippen MR) is 101 cm³/mol. The summed E-state index contributed by atoms with van der Waals surface area (Å²) in [4.78, 5) is 17.3. The Hall–Kier alpha value is -2.79. The van der Waals surface area contributed by atoms with E-state index in [4.69, 9.17) is 0 Å². The highest BCUT2D eigenvalue weighted by atomic mass is 16.3. The molecule has 0 fully saturated rings. The Morgan fingerprint density at radius 2 is 1.96 bits per heavy atom.